The quantitative estimate of drug-likeness (QED) is 0.947. The highest BCUT2D eigenvalue weighted by molar-refractivity contribution is 6.04. The molecule has 1 fully saturated rings. The largest absolute Gasteiger partial charge is 0.322 e. The number of hydrogen-bond donors (Lipinski definition) is 1. The summed E-state index contributed by atoms with van der Waals surface area (Å²) in [6.07, 6.45) is 3.07. The standard InChI is InChI=1S/C18H19N3O2/c1-12-10-15(7-8-16(12)21-9-3-4-17(21)22)20-18(23)14-6-5-13(2)19-11-14/h5-8,10-11H,3-4,9H2,1-2H3,(H,20,23). The van der Waals surface area contributed by atoms with Gasteiger partial charge in [0.05, 0.1) is 5.56 Å². The first-order valence-corrected chi connectivity index (χ1v) is 7.69. The number of hydrogen-bond acceptors (Lipinski definition) is 3. The second-order valence-electron chi connectivity index (χ2n) is 5.79. The molecule has 1 N–H and O–H groups in total. The Morgan fingerprint density at radius 3 is 2.65 bits per heavy atom. The molecule has 0 saturated carbocycles. The van der Waals surface area contributed by atoms with Gasteiger partial charge in [0.1, 0.15) is 0 Å². The Hall–Kier alpha value is -2.69. The fourth-order valence-corrected chi connectivity index (χ4v) is 2.74. The summed E-state index contributed by atoms with van der Waals surface area (Å²) in [5, 5.41) is 2.87. The molecule has 23 heavy (non-hydrogen) atoms. The Balaban J connectivity index is 1.76. The van der Waals surface area contributed by atoms with E-state index in [1.165, 1.54) is 0 Å². The Morgan fingerprint density at radius 2 is 2.04 bits per heavy atom. The molecule has 0 spiro atoms. The second kappa shape index (κ2) is 6.20. The zero-order valence-electron chi connectivity index (χ0n) is 13.3. The lowest BCUT2D eigenvalue weighted by atomic mass is 10.1. The van der Waals surface area contributed by atoms with Gasteiger partial charge in [-0.1, -0.05) is 0 Å². The molecule has 3 rings (SSSR count). The lowest BCUT2D eigenvalue weighted by Crippen LogP contribution is -2.24. The third-order valence-electron chi connectivity index (χ3n) is 3.99. The van der Waals surface area contributed by atoms with E-state index in [1.807, 2.05) is 43.0 Å². The average molecular weight is 309 g/mol. The molecular weight excluding hydrogens is 290 g/mol. The van der Waals surface area contributed by atoms with Crippen LogP contribution >= 0.6 is 0 Å². The van der Waals surface area contributed by atoms with Crippen molar-refractivity contribution >= 4 is 23.2 Å². The van der Waals surface area contributed by atoms with Crippen molar-refractivity contribution in [1.82, 2.24) is 4.98 Å². The van der Waals surface area contributed by atoms with E-state index in [0.29, 0.717) is 17.7 Å². The van der Waals surface area contributed by atoms with Crippen molar-refractivity contribution in [3.8, 4) is 0 Å². The maximum Gasteiger partial charge on any atom is 0.257 e. The Bertz CT molecular complexity index is 753. The molecule has 1 aromatic carbocycles. The van der Waals surface area contributed by atoms with E-state index in [0.717, 1.165) is 29.9 Å². The van der Waals surface area contributed by atoms with Crippen LogP contribution < -0.4 is 10.2 Å². The predicted molar refractivity (Wildman–Crippen MR) is 89.7 cm³/mol. The molecule has 0 atom stereocenters. The van der Waals surface area contributed by atoms with Crippen LogP contribution in [0, 0.1) is 13.8 Å². The molecule has 1 aromatic heterocycles. The highest BCUT2D eigenvalue weighted by Gasteiger charge is 2.23. The minimum Gasteiger partial charge on any atom is -0.322 e. The predicted octanol–water partition coefficient (Wildman–Crippen LogP) is 3.08. The van der Waals surface area contributed by atoms with Gasteiger partial charge in [-0.3, -0.25) is 14.6 Å². The van der Waals surface area contributed by atoms with E-state index < -0.39 is 0 Å². The van der Waals surface area contributed by atoms with Crippen molar-refractivity contribution in [2.24, 2.45) is 0 Å². The highest BCUT2D eigenvalue weighted by Crippen LogP contribution is 2.27. The Kier molecular flexibility index (Phi) is 4.10. The van der Waals surface area contributed by atoms with Crippen molar-refractivity contribution in [3.05, 3.63) is 53.3 Å². The molecule has 1 aliphatic rings. The first kappa shape index (κ1) is 15.2. The normalized spacial score (nSPS) is 14.2. The molecule has 5 heteroatoms. The smallest absolute Gasteiger partial charge is 0.257 e. The first-order chi connectivity index (χ1) is 11.0. The monoisotopic (exact) mass is 309 g/mol. The summed E-state index contributed by atoms with van der Waals surface area (Å²) in [7, 11) is 0. The van der Waals surface area contributed by atoms with Crippen LogP contribution in [0.3, 0.4) is 0 Å². The van der Waals surface area contributed by atoms with Crippen LogP contribution in [-0.4, -0.2) is 23.3 Å². The number of nitrogens with zero attached hydrogens (tertiary/aromatic N) is 2. The van der Waals surface area contributed by atoms with Gasteiger partial charge in [-0.2, -0.15) is 0 Å². The highest BCUT2D eigenvalue weighted by atomic mass is 16.2. The van der Waals surface area contributed by atoms with E-state index in [9.17, 15) is 9.59 Å². The van der Waals surface area contributed by atoms with E-state index in [2.05, 4.69) is 10.3 Å². The molecule has 5 nitrogen and oxygen atoms in total. The van der Waals surface area contributed by atoms with Crippen LogP contribution in [0.1, 0.15) is 34.5 Å². The maximum atomic E-state index is 12.2. The molecule has 0 radical (unpaired) electrons. The number of carbonyl (C=O) groups is 2. The molecule has 0 aliphatic carbocycles. The number of pyridine rings is 1. The van der Waals surface area contributed by atoms with Gasteiger partial charge in [0, 0.05) is 36.2 Å². The summed E-state index contributed by atoms with van der Waals surface area (Å²) in [6.45, 7) is 4.59. The van der Waals surface area contributed by atoms with Crippen LogP contribution in [0.5, 0.6) is 0 Å². The lowest BCUT2D eigenvalue weighted by Gasteiger charge is -2.19. The molecule has 1 aliphatic heterocycles. The SMILES string of the molecule is Cc1ccc(C(=O)Nc2ccc(N3CCCC3=O)c(C)c2)cn1. The zero-order valence-corrected chi connectivity index (χ0v) is 13.3. The molecule has 2 heterocycles. The molecule has 2 amide bonds. The summed E-state index contributed by atoms with van der Waals surface area (Å²) >= 11 is 0. The topological polar surface area (TPSA) is 62.3 Å². The number of carbonyl (C=O) groups excluding carboxylic acids is 2. The van der Waals surface area contributed by atoms with Gasteiger partial charge in [0.25, 0.3) is 5.91 Å². The van der Waals surface area contributed by atoms with Crippen LogP contribution in [0.4, 0.5) is 11.4 Å². The van der Waals surface area contributed by atoms with Gasteiger partial charge in [-0.05, 0) is 56.2 Å². The third-order valence-corrected chi connectivity index (χ3v) is 3.99. The van der Waals surface area contributed by atoms with Crippen LogP contribution in [-0.2, 0) is 4.79 Å². The van der Waals surface area contributed by atoms with Gasteiger partial charge in [-0.25, -0.2) is 0 Å². The Labute approximate surface area is 135 Å². The summed E-state index contributed by atoms with van der Waals surface area (Å²) in [5.41, 5.74) is 4.00. The molecule has 118 valence electrons. The average Bonchev–Trinajstić information content (AvgIpc) is 2.94. The zero-order chi connectivity index (χ0) is 16.4. The van der Waals surface area contributed by atoms with E-state index in [-0.39, 0.29) is 11.8 Å². The van der Waals surface area contributed by atoms with Crippen molar-refractivity contribution in [2.45, 2.75) is 26.7 Å². The number of amides is 2. The summed E-state index contributed by atoms with van der Waals surface area (Å²) in [6, 6.07) is 9.17. The number of anilines is 2. The van der Waals surface area contributed by atoms with Crippen molar-refractivity contribution < 1.29 is 9.59 Å². The van der Waals surface area contributed by atoms with Crippen LogP contribution in [0.25, 0.3) is 0 Å². The molecular formula is C18H19N3O2. The lowest BCUT2D eigenvalue weighted by molar-refractivity contribution is -0.117. The molecule has 0 bridgehead atoms. The Morgan fingerprint density at radius 1 is 1.22 bits per heavy atom. The van der Waals surface area contributed by atoms with Crippen molar-refractivity contribution in [2.75, 3.05) is 16.8 Å². The van der Waals surface area contributed by atoms with Crippen molar-refractivity contribution in [1.29, 1.82) is 0 Å². The molecule has 1 saturated heterocycles. The minimum atomic E-state index is -0.193. The number of aromatic nitrogens is 1. The number of nitrogens with one attached hydrogen (secondary N) is 1. The van der Waals surface area contributed by atoms with Gasteiger partial charge in [0.2, 0.25) is 5.91 Å². The fourth-order valence-electron chi connectivity index (χ4n) is 2.74. The minimum absolute atomic E-state index is 0.163. The van der Waals surface area contributed by atoms with Gasteiger partial charge in [0.15, 0.2) is 0 Å². The van der Waals surface area contributed by atoms with Gasteiger partial charge < -0.3 is 10.2 Å². The first-order valence-electron chi connectivity index (χ1n) is 7.69. The maximum absolute atomic E-state index is 12.2. The number of rotatable bonds is 3. The van der Waals surface area contributed by atoms with Gasteiger partial charge in [-0.15, -0.1) is 0 Å². The molecule has 0 unspecified atom stereocenters. The molecule has 2 aromatic rings. The van der Waals surface area contributed by atoms with Crippen molar-refractivity contribution in [3.63, 3.8) is 0 Å². The second-order valence-corrected chi connectivity index (χ2v) is 5.79. The van der Waals surface area contributed by atoms with Gasteiger partial charge >= 0.3 is 0 Å². The third kappa shape index (κ3) is 3.23. The summed E-state index contributed by atoms with van der Waals surface area (Å²) in [5.74, 6) is -0.0301. The van der Waals surface area contributed by atoms with Crippen LogP contribution in [0.15, 0.2) is 36.5 Å². The van der Waals surface area contributed by atoms with E-state index in [1.54, 1.807) is 12.3 Å². The summed E-state index contributed by atoms with van der Waals surface area (Å²) < 4.78 is 0. The summed E-state index contributed by atoms with van der Waals surface area (Å²) in [4.78, 5) is 30.0. The van der Waals surface area contributed by atoms with E-state index >= 15 is 0 Å². The number of benzene rings is 1. The number of aryl methyl sites for hydroxylation is 2. The van der Waals surface area contributed by atoms with E-state index in [4.69, 9.17) is 0 Å². The fraction of sp³-hybridized carbons (Fsp3) is 0.278. The van der Waals surface area contributed by atoms with Crippen LogP contribution in [0.2, 0.25) is 0 Å².